The Balaban J connectivity index is 2.22. The molecule has 0 saturated carbocycles. The zero-order valence-corrected chi connectivity index (χ0v) is 10.5. The third kappa shape index (κ3) is 3.09. The topological polar surface area (TPSA) is 70.3 Å². The van der Waals surface area contributed by atoms with Crippen molar-refractivity contribution in [2.24, 2.45) is 0 Å². The number of ether oxygens (including phenoxy) is 2. The molecule has 1 heterocycles. The molecular formula is C12H12ClN3O2. The lowest BCUT2D eigenvalue weighted by atomic mass is 10.2. The van der Waals surface area contributed by atoms with Gasteiger partial charge in [0.25, 0.3) is 0 Å². The summed E-state index contributed by atoms with van der Waals surface area (Å²) in [5.41, 5.74) is 7.03. The van der Waals surface area contributed by atoms with Crippen molar-refractivity contribution >= 4 is 17.3 Å². The van der Waals surface area contributed by atoms with Gasteiger partial charge < -0.3 is 15.2 Å². The van der Waals surface area contributed by atoms with E-state index in [0.29, 0.717) is 18.0 Å². The van der Waals surface area contributed by atoms with Crippen LogP contribution in [0.5, 0.6) is 11.6 Å². The average Bonchev–Trinajstić information content (AvgIpc) is 2.35. The summed E-state index contributed by atoms with van der Waals surface area (Å²) in [6.07, 6.45) is 1.41. The summed E-state index contributed by atoms with van der Waals surface area (Å²) in [4.78, 5) is 7.68. The predicted octanol–water partition coefficient (Wildman–Crippen LogP) is 2.65. The van der Waals surface area contributed by atoms with E-state index in [0.717, 1.165) is 5.56 Å². The van der Waals surface area contributed by atoms with Gasteiger partial charge in [-0.1, -0.05) is 12.1 Å². The second kappa shape index (κ2) is 5.66. The standard InChI is InChI=1S/C12H12ClN3O2/c1-17-7-8-3-2-4-9(5-8)18-11-10(14)6-15-12(13)16-11/h2-6H,7,14H2,1H3. The first-order valence-corrected chi connectivity index (χ1v) is 5.60. The van der Waals surface area contributed by atoms with Crippen LogP contribution in [-0.4, -0.2) is 17.1 Å². The Morgan fingerprint density at radius 1 is 1.39 bits per heavy atom. The number of halogens is 1. The van der Waals surface area contributed by atoms with Crippen LogP contribution < -0.4 is 10.5 Å². The van der Waals surface area contributed by atoms with E-state index in [1.54, 1.807) is 13.2 Å². The number of rotatable bonds is 4. The third-order valence-corrected chi connectivity index (χ3v) is 2.36. The van der Waals surface area contributed by atoms with E-state index < -0.39 is 0 Å². The van der Waals surface area contributed by atoms with Gasteiger partial charge in [-0.2, -0.15) is 4.98 Å². The van der Waals surface area contributed by atoms with Crippen LogP contribution in [0.4, 0.5) is 5.69 Å². The smallest absolute Gasteiger partial charge is 0.247 e. The molecule has 0 fully saturated rings. The first kappa shape index (κ1) is 12.6. The molecule has 6 heteroatoms. The van der Waals surface area contributed by atoms with Crippen LogP contribution >= 0.6 is 11.6 Å². The summed E-state index contributed by atoms with van der Waals surface area (Å²) in [7, 11) is 1.63. The first-order valence-electron chi connectivity index (χ1n) is 5.23. The second-order valence-electron chi connectivity index (χ2n) is 3.58. The fourth-order valence-electron chi connectivity index (χ4n) is 1.41. The Hall–Kier alpha value is -1.85. The second-order valence-corrected chi connectivity index (χ2v) is 3.92. The molecule has 18 heavy (non-hydrogen) atoms. The van der Waals surface area contributed by atoms with E-state index in [1.807, 2.05) is 18.2 Å². The molecule has 0 bridgehead atoms. The van der Waals surface area contributed by atoms with Crippen LogP contribution in [0.25, 0.3) is 0 Å². The lowest BCUT2D eigenvalue weighted by molar-refractivity contribution is 0.184. The molecule has 0 saturated heterocycles. The van der Waals surface area contributed by atoms with Gasteiger partial charge in [-0.3, -0.25) is 0 Å². The number of hydrogen-bond acceptors (Lipinski definition) is 5. The number of methoxy groups -OCH3 is 1. The van der Waals surface area contributed by atoms with Gasteiger partial charge in [0.05, 0.1) is 12.8 Å². The van der Waals surface area contributed by atoms with Crippen molar-refractivity contribution in [3.05, 3.63) is 41.3 Å². The van der Waals surface area contributed by atoms with E-state index in [-0.39, 0.29) is 11.2 Å². The molecule has 2 aromatic rings. The highest BCUT2D eigenvalue weighted by Gasteiger charge is 2.06. The predicted molar refractivity (Wildman–Crippen MR) is 68.7 cm³/mol. The molecule has 1 aromatic carbocycles. The molecule has 0 spiro atoms. The van der Waals surface area contributed by atoms with Crippen molar-refractivity contribution in [2.75, 3.05) is 12.8 Å². The van der Waals surface area contributed by atoms with Gasteiger partial charge >= 0.3 is 0 Å². The van der Waals surface area contributed by atoms with Crippen LogP contribution in [0.3, 0.4) is 0 Å². The lowest BCUT2D eigenvalue weighted by Crippen LogP contribution is -1.97. The fraction of sp³-hybridized carbons (Fsp3) is 0.167. The van der Waals surface area contributed by atoms with E-state index in [2.05, 4.69) is 9.97 Å². The van der Waals surface area contributed by atoms with E-state index in [1.165, 1.54) is 6.20 Å². The molecular weight excluding hydrogens is 254 g/mol. The third-order valence-electron chi connectivity index (χ3n) is 2.17. The SMILES string of the molecule is COCc1cccc(Oc2nc(Cl)ncc2N)c1. The Morgan fingerprint density at radius 2 is 2.22 bits per heavy atom. The maximum Gasteiger partial charge on any atom is 0.247 e. The minimum atomic E-state index is 0.0900. The van der Waals surface area contributed by atoms with E-state index in [9.17, 15) is 0 Å². The van der Waals surface area contributed by atoms with Gasteiger partial charge in [0.2, 0.25) is 11.2 Å². The quantitative estimate of drug-likeness (QED) is 0.861. The van der Waals surface area contributed by atoms with Crippen LogP contribution in [0.2, 0.25) is 5.28 Å². The molecule has 0 aliphatic rings. The molecule has 1 aromatic heterocycles. The Bertz CT molecular complexity index is 549. The maximum atomic E-state index is 5.70. The average molecular weight is 266 g/mol. The summed E-state index contributed by atoms with van der Waals surface area (Å²) < 4.78 is 10.6. The highest BCUT2D eigenvalue weighted by molar-refractivity contribution is 6.28. The summed E-state index contributed by atoms with van der Waals surface area (Å²) in [5.74, 6) is 0.857. The van der Waals surface area contributed by atoms with Crippen molar-refractivity contribution in [3.63, 3.8) is 0 Å². The highest BCUT2D eigenvalue weighted by atomic mass is 35.5. The zero-order valence-electron chi connectivity index (χ0n) is 9.76. The van der Waals surface area contributed by atoms with Gasteiger partial charge in [-0.15, -0.1) is 0 Å². The molecule has 0 amide bonds. The monoisotopic (exact) mass is 265 g/mol. The zero-order chi connectivity index (χ0) is 13.0. The van der Waals surface area contributed by atoms with E-state index in [4.69, 9.17) is 26.8 Å². The van der Waals surface area contributed by atoms with Gasteiger partial charge in [-0.25, -0.2) is 4.98 Å². The molecule has 0 atom stereocenters. The van der Waals surface area contributed by atoms with Crippen molar-refractivity contribution in [3.8, 4) is 11.6 Å². The van der Waals surface area contributed by atoms with Crippen LogP contribution in [0.15, 0.2) is 30.5 Å². The largest absolute Gasteiger partial charge is 0.437 e. The summed E-state index contributed by atoms with van der Waals surface area (Å²) in [5, 5.41) is 0.0900. The summed E-state index contributed by atoms with van der Waals surface area (Å²) >= 11 is 5.69. The molecule has 0 unspecified atom stereocenters. The van der Waals surface area contributed by atoms with Gasteiger partial charge in [0, 0.05) is 7.11 Å². The number of nitrogens with two attached hydrogens (primary N) is 1. The molecule has 2 rings (SSSR count). The van der Waals surface area contributed by atoms with Crippen LogP contribution in [0, 0.1) is 0 Å². The Labute approximate surface area is 110 Å². The minimum Gasteiger partial charge on any atom is -0.437 e. The van der Waals surface area contributed by atoms with Gasteiger partial charge in [0.15, 0.2) is 0 Å². The molecule has 94 valence electrons. The number of nitrogen functional groups attached to an aromatic ring is 1. The number of anilines is 1. The number of hydrogen-bond donors (Lipinski definition) is 1. The highest BCUT2D eigenvalue weighted by Crippen LogP contribution is 2.26. The molecule has 0 radical (unpaired) electrons. The van der Waals surface area contributed by atoms with Crippen molar-refractivity contribution < 1.29 is 9.47 Å². The van der Waals surface area contributed by atoms with Gasteiger partial charge in [0.1, 0.15) is 11.4 Å². The maximum absolute atomic E-state index is 5.70. The Morgan fingerprint density at radius 3 is 3.00 bits per heavy atom. The fourth-order valence-corrected chi connectivity index (χ4v) is 1.54. The molecule has 5 nitrogen and oxygen atoms in total. The number of aromatic nitrogens is 2. The molecule has 2 N–H and O–H groups in total. The minimum absolute atomic E-state index is 0.0900. The lowest BCUT2D eigenvalue weighted by Gasteiger charge is -2.08. The molecule has 0 aliphatic heterocycles. The van der Waals surface area contributed by atoms with Gasteiger partial charge in [-0.05, 0) is 29.3 Å². The summed E-state index contributed by atoms with van der Waals surface area (Å²) in [6, 6.07) is 7.45. The molecule has 0 aliphatic carbocycles. The van der Waals surface area contributed by atoms with Crippen LogP contribution in [-0.2, 0) is 11.3 Å². The van der Waals surface area contributed by atoms with E-state index >= 15 is 0 Å². The van der Waals surface area contributed by atoms with Crippen molar-refractivity contribution in [1.82, 2.24) is 9.97 Å². The summed E-state index contributed by atoms with van der Waals surface area (Å²) in [6.45, 7) is 0.511. The van der Waals surface area contributed by atoms with Crippen molar-refractivity contribution in [2.45, 2.75) is 6.61 Å². The first-order chi connectivity index (χ1) is 8.69. The van der Waals surface area contributed by atoms with Crippen LogP contribution in [0.1, 0.15) is 5.56 Å². The van der Waals surface area contributed by atoms with Crippen molar-refractivity contribution in [1.29, 1.82) is 0 Å². The number of benzene rings is 1. The normalized spacial score (nSPS) is 10.3. The number of nitrogens with zero attached hydrogens (tertiary/aromatic N) is 2. The Kier molecular flexibility index (Phi) is 3.96.